The van der Waals surface area contributed by atoms with E-state index in [1.807, 2.05) is 29.7 Å². The van der Waals surface area contributed by atoms with Gasteiger partial charge in [0.05, 0.1) is 18.2 Å². The van der Waals surface area contributed by atoms with Crippen LogP contribution in [0.15, 0.2) is 35.1 Å². The summed E-state index contributed by atoms with van der Waals surface area (Å²) in [6, 6.07) is 5.80. The van der Waals surface area contributed by atoms with Crippen molar-refractivity contribution < 1.29 is 4.42 Å². The first-order valence-corrected chi connectivity index (χ1v) is 6.67. The molecule has 0 spiro atoms. The van der Waals surface area contributed by atoms with E-state index in [2.05, 4.69) is 16.9 Å². The van der Waals surface area contributed by atoms with Crippen LogP contribution in [0.25, 0.3) is 11.2 Å². The first-order valence-electron chi connectivity index (χ1n) is 6.14. The van der Waals surface area contributed by atoms with Crippen molar-refractivity contribution in [1.29, 1.82) is 0 Å². The Balaban J connectivity index is 2.24. The standard InChI is InChI=1S/C14H14ClN3O/c1-9-5-6-16-14-13(9)17-12(8-15)18(14)10(2)11-4-3-7-19-11/h3-7,10H,8H2,1-2H3. The average Bonchev–Trinajstić information content (AvgIpc) is 3.05. The molecule has 0 radical (unpaired) electrons. The van der Waals surface area contributed by atoms with Crippen LogP contribution in [-0.2, 0) is 5.88 Å². The first-order chi connectivity index (χ1) is 9.22. The monoisotopic (exact) mass is 275 g/mol. The van der Waals surface area contributed by atoms with Crippen LogP contribution in [0.2, 0.25) is 0 Å². The van der Waals surface area contributed by atoms with Gasteiger partial charge in [0.15, 0.2) is 5.65 Å². The third-order valence-corrected chi connectivity index (χ3v) is 3.55. The third kappa shape index (κ3) is 1.92. The zero-order valence-corrected chi connectivity index (χ0v) is 11.6. The topological polar surface area (TPSA) is 43.9 Å². The van der Waals surface area contributed by atoms with Crippen LogP contribution in [0.1, 0.15) is 30.1 Å². The molecule has 0 amide bonds. The molecule has 5 heteroatoms. The lowest BCUT2D eigenvalue weighted by molar-refractivity contribution is 0.445. The molecule has 1 unspecified atom stereocenters. The summed E-state index contributed by atoms with van der Waals surface area (Å²) in [6.07, 6.45) is 3.46. The molecule has 4 nitrogen and oxygen atoms in total. The van der Waals surface area contributed by atoms with Crippen molar-refractivity contribution in [1.82, 2.24) is 14.5 Å². The van der Waals surface area contributed by atoms with Gasteiger partial charge in [-0.3, -0.25) is 0 Å². The van der Waals surface area contributed by atoms with Gasteiger partial charge in [-0.2, -0.15) is 0 Å². The molecule has 0 aromatic carbocycles. The van der Waals surface area contributed by atoms with Crippen LogP contribution in [0, 0.1) is 6.92 Å². The minimum Gasteiger partial charge on any atom is -0.467 e. The average molecular weight is 276 g/mol. The molecule has 1 atom stereocenters. The minimum absolute atomic E-state index is 0.0167. The van der Waals surface area contributed by atoms with E-state index in [4.69, 9.17) is 16.0 Å². The van der Waals surface area contributed by atoms with Gasteiger partial charge in [-0.1, -0.05) is 0 Å². The second-order valence-corrected chi connectivity index (χ2v) is 4.79. The summed E-state index contributed by atoms with van der Waals surface area (Å²) < 4.78 is 7.51. The van der Waals surface area contributed by atoms with Crippen LogP contribution >= 0.6 is 11.6 Å². The SMILES string of the molecule is Cc1ccnc2c1nc(CCl)n2C(C)c1ccco1. The highest BCUT2D eigenvalue weighted by molar-refractivity contribution is 6.16. The summed E-state index contributed by atoms with van der Waals surface area (Å²) in [7, 11) is 0. The molecular formula is C14H14ClN3O. The molecule has 0 bridgehead atoms. The summed E-state index contributed by atoms with van der Waals surface area (Å²) in [5.74, 6) is 2.03. The molecule has 0 N–H and O–H groups in total. The van der Waals surface area contributed by atoms with Crippen LogP contribution in [-0.4, -0.2) is 14.5 Å². The predicted molar refractivity (Wildman–Crippen MR) is 74.3 cm³/mol. The molecule has 3 aromatic rings. The Morgan fingerprint density at radius 1 is 1.42 bits per heavy atom. The van der Waals surface area contributed by atoms with Gasteiger partial charge in [-0.15, -0.1) is 11.6 Å². The molecule has 0 aliphatic heterocycles. The van der Waals surface area contributed by atoms with Gasteiger partial charge in [-0.05, 0) is 37.6 Å². The highest BCUT2D eigenvalue weighted by Gasteiger charge is 2.20. The highest BCUT2D eigenvalue weighted by Crippen LogP contribution is 2.27. The fourth-order valence-electron chi connectivity index (χ4n) is 2.31. The van der Waals surface area contributed by atoms with Crippen molar-refractivity contribution in [2.24, 2.45) is 0 Å². The Kier molecular flexibility index (Phi) is 3.03. The molecule has 0 saturated carbocycles. The number of hydrogen-bond donors (Lipinski definition) is 0. The number of halogens is 1. The molecule has 0 aliphatic carbocycles. The summed E-state index contributed by atoms with van der Waals surface area (Å²) in [6.45, 7) is 4.08. The van der Waals surface area contributed by atoms with Gasteiger partial charge in [-0.25, -0.2) is 9.97 Å². The third-order valence-electron chi connectivity index (χ3n) is 3.32. The molecule has 0 aliphatic rings. The van der Waals surface area contributed by atoms with Gasteiger partial charge in [0.25, 0.3) is 0 Å². The smallest absolute Gasteiger partial charge is 0.160 e. The number of aryl methyl sites for hydroxylation is 1. The Hall–Kier alpha value is -1.81. The van der Waals surface area contributed by atoms with E-state index in [9.17, 15) is 0 Å². The van der Waals surface area contributed by atoms with Gasteiger partial charge < -0.3 is 8.98 Å². The van der Waals surface area contributed by atoms with Gasteiger partial charge in [0.2, 0.25) is 0 Å². The molecule has 0 fully saturated rings. The van der Waals surface area contributed by atoms with E-state index < -0.39 is 0 Å². The molecule has 0 saturated heterocycles. The number of alkyl halides is 1. The Labute approximate surface area is 116 Å². The van der Waals surface area contributed by atoms with Crippen molar-refractivity contribution in [2.75, 3.05) is 0 Å². The number of aromatic nitrogens is 3. The van der Waals surface area contributed by atoms with E-state index in [-0.39, 0.29) is 6.04 Å². The first kappa shape index (κ1) is 12.2. The number of nitrogens with zero attached hydrogens (tertiary/aromatic N) is 3. The second-order valence-electron chi connectivity index (χ2n) is 4.52. The van der Waals surface area contributed by atoms with Crippen LogP contribution in [0.3, 0.4) is 0 Å². The number of hydrogen-bond acceptors (Lipinski definition) is 3. The lowest BCUT2D eigenvalue weighted by Crippen LogP contribution is -2.09. The van der Waals surface area contributed by atoms with E-state index in [0.717, 1.165) is 28.3 Å². The molecule has 3 aromatic heterocycles. The van der Waals surface area contributed by atoms with Gasteiger partial charge in [0, 0.05) is 6.20 Å². The van der Waals surface area contributed by atoms with Crippen molar-refractivity contribution in [3.05, 3.63) is 47.8 Å². The Bertz CT molecular complexity index is 703. The molecule has 3 rings (SSSR count). The maximum atomic E-state index is 6.02. The number of pyridine rings is 1. The highest BCUT2D eigenvalue weighted by atomic mass is 35.5. The van der Waals surface area contributed by atoms with Gasteiger partial charge in [0.1, 0.15) is 17.1 Å². The van der Waals surface area contributed by atoms with Crippen molar-refractivity contribution >= 4 is 22.8 Å². The van der Waals surface area contributed by atoms with Crippen molar-refractivity contribution in [3.63, 3.8) is 0 Å². The summed E-state index contributed by atoms with van der Waals surface area (Å²) in [5, 5.41) is 0. The lowest BCUT2D eigenvalue weighted by atomic mass is 10.2. The van der Waals surface area contributed by atoms with E-state index in [1.165, 1.54) is 0 Å². The lowest BCUT2D eigenvalue weighted by Gasteiger charge is -2.13. The predicted octanol–water partition coefficient (Wildman–Crippen LogP) is 3.68. The summed E-state index contributed by atoms with van der Waals surface area (Å²) >= 11 is 6.02. The molecule has 3 heterocycles. The summed E-state index contributed by atoms with van der Waals surface area (Å²) in [5.41, 5.74) is 2.85. The zero-order valence-electron chi connectivity index (χ0n) is 10.8. The number of rotatable bonds is 3. The minimum atomic E-state index is 0.0167. The van der Waals surface area contributed by atoms with Gasteiger partial charge >= 0.3 is 0 Å². The number of imidazole rings is 1. The van der Waals surface area contributed by atoms with Crippen molar-refractivity contribution in [2.45, 2.75) is 25.8 Å². The fourth-order valence-corrected chi connectivity index (χ4v) is 2.50. The largest absolute Gasteiger partial charge is 0.467 e. The number of furan rings is 1. The van der Waals surface area contributed by atoms with Crippen LogP contribution in [0.5, 0.6) is 0 Å². The zero-order chi connectivity index (χ0) is 13.4. The second kappa shape index (κ2) is 4.70. The number of fused-ring (bicyclic) bond motifs is 1. The Morgan fingerprint density at radius 2 is 2.26 bits per heavy atom. The maximum absolute atomic E-state index is 6.02. The van der Waals surface area contributed by atoms with E-state index in [1.54, 1.807) is 12.5 Å². The summed E-state index contributed by atoms with van der Waals surface area (Å²) in [4.78, 5) is 9.03. The quantitative estimate of drug-likeness (QED) is 0.685. The maximum Gasteiger partial charge on any atom is 0.160 e. The van der Waals surface area contributed by atoms with Crippen LogP contribution in [0.4, 0.5) is 0 Å². The van der Waals surface area contributed by atoms with E-state index >= 15 is 0 Å². The van der Waals surface area contributed by atoms with E-state index in [0.29, 0.717) is 5.88 Å². The fraction of sp³-hybridized carbons (Fsp3) is 0.286. The molecular weight excluding hydrogens is 262 g/mol. The molecule has 19 heavy (non-hydrogen) atoms. The normalized spacial score (nSPS) is 13.0. The molecule has 98 valence electrons. The van der Waals surface area contributed by atoms with Crippen molar-refractivity contribution in [3.8, 4) is 0 Å². The Morgan fingerprint density at radius 3 is 2.95 bits per heavy atom. The van der Waals surface area contributed by atoms with Crippen LogP contribution < -0.4 is 0 Å².